The van der Waals surface area contributed by atoms with Crippen LogP contribution in [0.25, 0.3) is 11.0 Å². The maximum absolute atomic E-state index is 13.8. The van der Waals surface area contributed by atoms with Crippen LogP contribution >= 0.6 is 24.8 Å². The van der Waals surface area contributed by atoms with E-state index in [0.717, 1.165) is 11.0 Å². The first kappa shape index (κ1) is 22.1. The van der Waals surface area contributed by atoms with E-state index in [0.29, 0.717) is 43.3 Å². The van der Waals surface area contributed by atoms with E-state index < -0.39 is 0 Å². The zero-order chi connectivity index (χ0) is 17.9. The van der Waals surface area contributed by atoms with Crippen molar-refractivity contribution in [2.24, 2.45) is 0 Å². The van der Waals surface area contributed by atoms with Gasteiger partial charge in [-0.25, -0.2) is 9.37 Å². The van der Waals surface area contributed by atoms with Gasteiger partial charge in [0.25, 0.3) is 0 Å². The third-order valence-electron chi connectivity index (χ3n) is 4.35. The average Bonchev–Trinajstić information content (AvgIpc) is 3.06. The summed E-state index contributed by atoms with van der Waals surface area (Å²) < 4.78 is 19.1. The van der Waals surface area contributed by atoms with E-state index in [-0.39, 0.29) is 42.6 Å². The number of imidazole rings is 1. The molecular weight excluding hydrogens is 406 g/mol. The highest BCUT2D eigenvalue weighted by Gasteiger charge is 2.21. The van der Waals surface area contributed by atoms with Gasteiger partial charge >= 0.3 is 0 Å². The molecule has 1 saturated heterocycles. The van der Waals surface area contributed by atoms with Crippen LogP contribution in [0.3, 0.4) is 0 Å². The van der Waals surface area contributed by atoms with Gasteiger partial charge in [0.1, 0.15) is 17.7 Å². The minimum Gasteiger partial charge on any atom is -0.378 e. The zero-order valence-electron chi connectivity index (χ0n) is 14.9. The standard InChI is InChI=1S/C19H19FN4O2.2ClH/c20-14-4-2-1-3-12(14)9-18-23-15-6-5-13(10-16(15)24-18)22-19(25)17-11-26-8-7-21-17;;/h1-6,10,17,21H,7-9,11H2,(H,22,25)(H,23,24);2*1H. The number of aromatic amines is 1. The number of ether oxygens (including phenoxy) is 1. The van der Waals surface area contributed by atoms with Crippen molar-refractivity contribution in [3.63, 3.8) is 0 Å². The maximum atomic E-state index is 13.8. The fraction of sp³-hybridized carbons (Fsp3) is 0.263. The number of morpholine rings is 1. The van der Waals surface area contributed by atoms with Gasteiger partial charge in [0.2, 0.25) is 5.91 Å². The molecule has 1 amide bonds. The van der Waals surface area contributed by atoms with E-state index in [1.165, 1.54) is 6.07 Å². The number of hydrogen-bond donors (Lipinski definition) is 3. The molecule has 1 unspecified atom stereocenters. The summed E-state index contributed by atoms with van der Waals surface area (Å²) in [6.45, 7) is 1.65. The Labute approximate surface area is 174 Å². The van der Waals surface area contributed by atoms with Gasteiger partial charge < -0.3 is 20.4 Å². The Kier molecular flexibility index (Phi) is 7.77. The first-order valence-corrected chi connectivity index (χ1v) is 8.53. The Hall–Kier alpha value is -2.19. The number of nitrogens with one attached hydrogen (secondary N) is 3. The van der Waals surface area contributed by atoms with E-state index >= 15 is 0 Å². The van der Waals surface area contributed by atoms with Crippen molar-refractivity contribution in [3.8, 4) is 0 Å². The summed E-state index contributed by atoms with van der Waals surface area (Å²) in [5, 5.41) is 6.00. The molecule has 0 radical (unpaired) electrons. The quantitative estimate of drug-likeness (QED) is 0.598. The first-order chi connectivity index (χ1) is 12.7. The molecule has 1 fully saturated rings. The molecule has 28 heavy (non-hydrogen) atoms. The molecule has 2 heterocycles. The summed E-state index contributed by atoms with van der Waals surface area (Å²) in [4.78, 5) is 20.0. The van der Waals surface area contributed by atoms with Crippen LogP contribution in [-0.4, -0.2) is 41.7 Å². The molecule has 0 saturated carbocycles. The van der Waals surface area contributed by atoms with Gasteiger partial charge in [-0.3, -0.25) is 4.79 Å². The van der Waals surface area contributed by atoms with Crippen molar-refractivity contribution < 1.29 is 13.9 Å². The fourth-order valence-electron chi connectivity index (χ4n) is 3.01. The van der Waals surface area contributed by atoms with Crippen LogP contribution in [-0.2, 0) is 16.0 Å². The van der Waals surface area contributed by atoms with Crippen molar-refractivity contribution in [2.75, 3.05) is 25.1 Å². The summed E-state index contributed by atoms with van der Waals surface area (Å²) in [7, 11) is 0. The molecule has 3 N–H and O–H groups in total. The number of H-pyrrole nitrogens is 1. The molecule has 2 aromatic carbocycles. The van der Waals surface area contributed by atoms with Crippen LogP contribution < -0.4 is 10.6 Å². The maximum Gasteiger partial charge on any atom is 0.243 e. The van der Waals surface area contributed by atoms with Gasteiger partial charge in [0, 0.05) is 18.7 Å². The minimum absolute atomic E-state index is 0. The zero-order valence-corrected chi connectivity index (χ0v) is 16.5. The van der Waals surface area contributed by atoms with Crippen molar-refractivity contribution in [3.05, 3.63) is 59.7 Å². The molecule has 4 rings (SSSR count). The fourth-order valence-corrected chi connectivity index (χ4v) is 3.01. The number of fused-ring (bicyclic) bond motifs is 1. The van der Waals surface area contributed by atoms with Gasteiger partial charge in [-0.2, -0.15) is 0 Å². The number of carbonyl (C=O) groups excluding carboxylic acids is 1. The third-order valence-corrected chi connectivity index (χ3v) is 4.35. The van der Waals surface area contributed by atoms with E-state index in [4.69, 9.17) is 4.74 Å². The van der Waals surface area contributed by atoms with Gasteiger partial charge in [-0.1, -0.05) is 18.2 Å². The highest BCUT2D eigenvalue weighted by atomic mass is 35.5. The normalized spacial score (nSPS) is 16.1. The third kappa shape index (κ3) is 4.99. The Bertz CT molecular complexity index is 945. The smallest absolute Gasteiger partial charge is 0.243 e. The van der Waals surface area contributed by atoms with Crippen LogP contribution in [0.2, 0.25) is 0 Å². The number of halogens is 3. The number of rotatable bonds is 4. The summed E-state index contributed by atoms with van der Waals surface area (Å²) in [5.74, 6) is 0.300. The molecule has 0 aliphatic carbocycles. The number of carbonyl (C=O) groups is 1. The van der Waals surface area contributed by atoms with Gasteiger partial charge in [-0.15, -0.1) is 24.8 Å². The number of anilines is 1. The Morgan fingerprint density at radius 2 is 2.07 bits per heavy atom. The predicted molar refractivity (Wildman–Crippen MR) is 111 cm³/mol. The molecule has 9 heteroatoms. The molecule has 3 aromatic rings. The SMILES string of the molecule is Cl.Cl.O=C(Nc1ccc2nc(Cc3ccccc3F)[nH]c2c1)C1COCCN1. The van der Waals surface area contributed by atoms with Gasteiger partial charge in [0.05, 0.1) is 24.2 Å². The monoisotopic (exact) mass is 426 g/mol. The predicted octanol–water partition coefficient (Wildman–Crippen LogP) is 3.06. The second-order valence-electron chi connectivity index (χ2n) is 6.25. The molecule has 1 atom stereocenters. The summed E-state index contributed by atoms with van der Waals surface area (Å²) in [6.07, 6.45) is 0.381. The number of benzene rings is 2. The number of aromatic nitrogens is 2. The molecule has 150 valence electrons. The highest BCUT2D eigenvalue weighted by Crippen LogP contribution is 2.19. The van der Waals surface area contributed by atoms with Crippen molar-refractivity contribution >= 4 is 47.4 Å². The molecule has 1 aromatic heterocycles. The number of hydrogen-bond acceptors (Lipinski definition) is 4. The van der Waals surface area contributed by atoms with Gasteiger partial charge in [0.15, 0.2) is 0 Å². The Morgan fingerprint density at radius 1 is 1.25 bits per heavy atom. The van der Waals surface area contributed by atoms with Crippen LogP contribution in [0.5, 0.6) is 0 Å². The van der Waals surface area contributed by atoms with E-state index in [9.17, 15) is 9.18 Å². The molecule has 1 aliphatic heterocycles. The van der Waals surface area contributed by atoms with E-state index in [1.807, 2.05) is 12.1 Å². The Balaban J connectivity index is 0.00000140. The van der Waals surface area contributed by atoms with Crippen molar-refractivity contribution in [1.29, 1.82) is 0 Å². The van der Waals surface area contributed by atoms with Crippen LogP contribution in [0, 0.1) is 5.82 Å². The van der Waals surface area contributed by atoms with E-state index in [1.54, 1.807) is 24.3 Å². The van der Waals surface area contributed by atoms with E-state index in [2.05, 4.69) is 20.6 Å². The molecule has 0 spiro atoms. The number of nitrogens with zero attached hydrogens (tertiary/aromatic N) is 1. The lowest BCUT2D eigenvalue weighted by Gasteiger charge is -2.22. The lowest BCUT2D eigenvalue weighted by molar-refractivity contribution is -0.120. The first-order valence-electron chi connectivity index (χ1n) is 8.53. The number of amides is 1. The second-order valence-corrected chi connectivity index (χ2v) is 6.25. The lowest BCUT2D eigenvalue weighted by Crippen LogP contribution is -2.48. The van der Waals surface area contributed by atoms with Crippen LogP contribution in [0.4, 0.5) is 10.1 Å². The summed E-state index contributed by atoms with van der Waals surface area (Å²) in [6, 6.07) is 11.8. The topological polar surface area (TPSA) is 79.0 Å². The minimum atomic E-state index is -0.349. The average molecular weight is 427 g/mol. The lowest BCUT2D eigenvalue weighted by atomic mass is 10.1. The summed E-state index contributed by atoms with van der Waals surface area (Å²) >= 11 is 0. The second kappa shape index (κ2) is 9.84. The van der Waals surface area contributed by atoms with Crippen LogP contribution in [0.15, 0.2) is 42.5 Å². The van der Waals surface area contributed by atoms with Gasteiger partial charge in [-0.05, 0) is 29.8 Å². The van der Waals surface area contributed by atoms with Crippen LogP contribution in [0.1, 0.15) is 11.4 Å². The van der Waals surface area contributed by atoms with Crippen molar-refractivity contribution in [2.45, 2.75) is 12.5 Å². The summed E-state index contributed by atoms with van der Waals surface area (Å²) in [5.41, 5.74) is 2.83. The molecular formula is C19H21Cl2FN4O2. The largest absolute Gasteiger partial charge is 0.378 e. The highest BCUT2D eigenvalue weighted by molar-refractivity contribution is 5.96. The van der Waals surface area contributed by atoms with Crippen molar-refractivity contribution in [1.82, 2.24) is 15.3 Å². The molecule has 0 bridgehead atoms. The Morgan fingerprint density at radius 3 is 2.82 bits per heavy atom. The molecule has 6 nitrogen and oxygen atoms in total. The molecule has 1 aliphatic rings.